The van der Waals surface area contributed by atoms with Crippen LogP contribution in [0.3, 0.4) is 0 Å². The van der Waals surface area contributed by atoms with Gasteiger partial charge < -0.3 is 15.2 Å². The smallest absolute Gasteiger partial charge is 0.404 e. The summed E-state index contributed by atoms with van der Waals surface area (Å²) in [7, 11) is 0. The summed E-state index contributed by atoms with van der Waals surface area (Å²) in [4.78, 5) is 32.7. The lowest BCUT2D eigenvalue weighted by molar-refractivity contribution is -0.198. The molecule has 10 atom stereocenters. The number of aliphatic carboxylic acids is 1. The van der Waals surface area contributed by atoms with Crippen LogP contribution in [0.2, 0.25) is 0 Å². The van der Waals surface area contributed by atoms with E-state index in [9.17, 15) is 27.9 Å². The number of hydrogen-bond donors (Lipinski definition) is 2. The van der Waals surface area contributed by atoms with Crippen LogP contribution in [-0.4, -0.2) is 91.5 Å². The zero-order valence-electron chi connectivity index (χ0n) is 27.3. The maximum Gasteiger partial charge on any atom is 0.404 e. The van der Waals surface area contributed by atoms with Crippen LogP contribution >= 0.6 is 23.4 Å². The molecule has 0 bridgehead atoms. The minimum Gasteiger partial charge on any atom is -0.481 e. The van der Waals surface area contributed by atoms with Crippen molar-refractivity contribution in [3.63, 3.8) is 0 Å². The molecule has 5 fully saturated rings. The first-order valence-corrected chi connectivity index (χ1v) is 19.1. The summed E-state index contributed by atoms with van der Waals surface area (Å²) in [6.07, 6.45) is 3.25. The first-order valence-electron chi connectivity index (χ1n) is 17.7. The summed E-state index contributed by atoms with van der Waals surface area (Å²) in [5.41, 5.74) is 1.00. The average Bonchev–Trinajstić information content (AvgIpc) is 3.65. The van der Waals surface area contributed by atoms with Crippen LogP contribution < -0.4 is 10.9 Å². The zero-order chi connectivity index (χ0) is 33.2. The molecule has 13 heteroatoms. The third kappa shape index (κ3) is 6.52. The Morgan fingerprint density at radius 3 is 2.70 bits per heavy atom. The van der Waals surface area contributed by atoms with E-state index in [4.69, 9.17) is 21.3 Å². The molecule has 0 amide bonds. The lowest BCUT2D eigenvalue weighted by atomic mass is 9.70. The van der Waals surface area contributed by atoms with Gasteiger partial charge in [0.2, 0.25) is 0 Å². The van der Waals surface area contributed by atoms with Gasteiger partial charge in [0.05, 0.1) is 30.9 Å². The Morgan fingerprint density at radius 1 is 1.19 bits per heavy atom. The Bertz CT molecular complexity index is 1410. The second-order valence-electron chi connectivity index (χ2n) is 15.3. The fourth-order valence-corrected chi connectivity index (χ4v) is 12.1. The molecule has 47 heavy (non-hydrogen) atoms. The average molecular weight is 701 g/mol. The molecule has 1 aromatic heterocycles. The quantitative estimate of drug-likeness (QED) is 0.371. The molecule has 2 N–H and O–H groups in total. The van der Waals surface area contributed by atoms with E-state index in [1.54, 1.807) is 21.2 Å². The van der Waals surface area contributed by atoms with Gasteiger partial charge in [-0.2, -0.15) is 24.9 Å². The third-order valence-electron chi connectivity index (χ3n) is 12.3. The SMILES string of the molecule is Cc1nc2c(c(=O)n1CCOC1CCC(Cl)CC1C1CC(C)NC3C(C(=O)O)CSC13)C[C@H](N1CCCC[C@H]1C(F)(F)F)CC21CC1. The van der Waals surface area contributed by atoms with Crippen LogP contribution in [0.25, 0.3) is 0 Å². The number of nitrogens with zero attached hydrogens (tertiary/aromatic N) is 3. The van der Waals surface area contributed by atoms with Gasteiger partial charge in [0.15, 0.2) is 0 Å². The molecular formula is C34H48ClF3N4O4S. The molecule has 6 aliphatic rings. The van der Waals surface area contributed by atoms with Crippen molar-refractivity contribution in [1.29, 1.82) is 0 Å². The summed E-state index contributed by atoms with van der Waals surface area (Å²) in [5, 5.41) is 13.7. The van der Waals surface area contributed by atoms with Crippen molar-refractivity contribution in [1.82, 2.24) is 19.8 Å². The second-order valence-corrected chi connectivity index (χ2v) is 17.1. The van der Waals surface area contributed by atoms with Crippen LogP contribution in [0, 0.1) is 24.7 Å². The number of halogens is 4. The van der Waals surface area contributed by atoms with Crippen molar-refractivity contribution in [2.75, 3.05) is 18.9 Å². The number of rotatable bonds is 7. The fraction of sp³-hybridized carbons (Fsp3) is 0.853. The highest BCUT2D eigenvalue weighted by molar-refractivity contribution is 8.00. The minimum absolute atomic E-state index is 0.0375. The Morgan fingerprint density at radius 2 is 1.98 bits per heavy atom. The molecule has 0 radical (unpaired) electrons. The number of hydrogen-bond acceptors (Lipinski definition) is 7. The van der Waals surface area contributed by atoms with Gasteiger partial charge in [-0.3, -0.25) is 19.1 Å². The number of fused-ring (bicyclic) bond motifs is 3. The fourth-order valence-electron chi connectivity index (χ4n) is 9.92. The number of carboxylic acids is 1. The Balaban J connectivity index is 1.08. The summed E-state index contributed by atoms with van der Waals surface area (Å²) in [6, 6.07) is -1.62. The summed E-state index contributed by atoms with van der Waals surface area (Å²) >= 11 is 8.49. The van der Waals surface area contributed by atoms with Gasteiger partial charge in [-0.15, -0.1) is 11.6 Å². The molecule has 8 unspecified atom stereocenters. The number of likely N-dealkylation sites (tertiary alicyclic amines) is 1. The van der Waals surface area contributed by atoms with Gasteiger partial charge in [0.1, 0.15) is 11.9 Å². The van der Waals surface area contributed by atoms with Crippen LogP contribution in [0.1, 0.15) is 88.2 Å². The van der Waals surface area contributed by atoms with E-state index in [-0.39, 0.29) is 64.1 Å². The summed E-state index contributed by atoms with van der Waals surface area (Å²) in [5.74, 6) is 0.574. The first-order chi connectivity index (χ1) is 22.4. The number of aryl methyl sites for hydroxylation is 1. The highest BCUT2D eigenvalue weighted by Crippen LogP contribution is 2.55. The maximum atomic E-state index is 14.1. The normalized spacial score (nSPS) is 38.6. The van der Waals surface area contributed by atoms with Crippen LogP contribution in [0.15, 0.2) is 4.79 Å². The van der Waals surface area contributed by atoms with Crippen LogP contribution in [-0.2, 0) is 27.9 Å². The highest BCUT2D eigenvalue weighted by atomic mass is 35.5. The molecular weight excluding hydrogens is 653 g/mol. The van der Waals surface area contributed by atoms with Gasteiger partial charge in [0.25, 0.3) is 5.56 Å². The van der Waals surface area contributed by atoms with Crippen molar-refractivity contribution < 1.29 is 27.8 Å². The van der Waals surface area contributed by atoms with Gasteiger partial charge in [-0.25, -0.2) is 4.98 Å². The monoisotopic (exact) mass is 700 g/mol. The number of ether oxygens (including phenoxy) is 1. The van der Waals surface area contributed by atoms with Crippen LogP contribution in [0.4, 0.5) is 13.2 Å². The first kappa shape index (κ1) is 34.1. The molecule has 0 aromatic carbocycles. The Kier molecular flexibility index (Phi) is 9.50. The molecule has 262 valence electrons. The molecule has 7 rings (SSSR count). The van der Waals surface area contributed by atoms with Crippen molar-refractivity contribution in [3.8, 4) is 0 Å². The predicted molar refractivity (Wildman–Crippen MR) is 175 cm³/mol. The van der Waals surface area contributed by atoms with Crippen LogP contribution in [0.5, 0.6) is 0 Å². The third-order valence-corrected chi connectivity index (χ3v) is 14.3. The standard InChI is InChI=1S/C34H48ClF3N4O4S/c1-18-13-23(29-28(39-18)25(17-47-29)32(44)45)22-14-20(35)6-7-26(22)46-12-11-41-19(2)40-30-24(31(41)43)15-21(16-33(30)8-9-33)42-10-4-3-5-27(42)34(36,37)38/h18,20-23,25-29,39H,3-17H2,1-2H3,(H,44,45)/t18?,20?,21-,22?,23?,25?,26?,27-,28?,29?/m0/s1. The number of piperidine rings is 2. The molecule has 4 heterocycles. The van der Waals surface area contributed by atoms with E-state index >= 15 is 0 Å². The second kappa shape index (κ2) is 13.1. The van der Waals surface area contributed by atoms with E-state index in [1.807, 2.05) is 6.92 Å². The number of alkyl halides is 4. The number of nitrogens with one attached hydrogen (secondary N) is 1. The van der Waals surface area contributed by atoms with Crippen molar-refractivity contribution in [3.05, 3.63) is 27.4 Å². The minimum atomic E-state index is -4.28. The maximum absolute atomic E-state index is 14.1. The number of aromatic nitrogens is 2. The van der Waals surface area contributed by atoms with E-state index in [0.29, 0.717) is 56.1 Å². The number of carboxylic acid groups (broad SMARTS) is 1. The van der Waals surface area contributed by atoms with E-state index in [2.05, 4.69) is 12.2 Å². The topological polar surface area (TPSA) is 96.7 Å². The van der Waals surface area contributed by atoms with E-state index in [1.165, 1.54) is 0 Å². The Labute approximate surface area is 283 Å². The van der Waals surface area contributed by atoms with Crippen molar-refractivity contribution in [2.45, 2.75) is 144 Å². The molecule has 2 saturated carbocycles. The largest absolute Gasteiger partial charge is 0.481 e. The Hall–Kier alpha value is -1.34. The molecule has 3 saturated heterocycles. The van der Waals surface area contributed by atoms with Crippen molar-refractivity contribution >= 4 is 29.3 Å². The van der Waals surface area contributed by atoms with Gasteiger partial charge in [0, 0.05) is 45.5 Å². The van der Waals surface area contributed by atoms with Crippen molar-refractivity contribution in [2.24, 2.45) is 17.8 Å². The van der Waals surface area contributed by atoms with Gasteiger partial charge >= 0.3 is 12.1 Å². The van der Waals surface area contributed by atoms with Gasteiger partial charge in [-0.1, -0.05) is 6.42 Å². The molecule has 3 aliphatic carbocycles. The molecule has 1 spiro atoms. The highest BCUT2D eigenvalue weighted by Gasteiger charge is 2.56. The van der Waals surface area contributed by atoms with Gasteiger partial charge in [-0.05, 0) is 96.4 Å². The lowest BCUT2D eigenvalue weighted by Gasteiger charge is -2.47. The molecule has 3 aliphatic heterocycles. The lowest BCUT2D eigenvalue weighted by Crippen LogP contribution is -2.57. The van der Waals surface area contributed by atoms with E-state index < -0.39 is 24.1 Å². The predicted octanol–water partition coefficient (Wildman–Crippen LogP) is 5.29. The number of carbonyl (C=O) groups is 1. The molecule has 8 nitrogen and oxygen atoms in total. The summed E-state index contributed by atoms with van der Waals surface area (Å²) in [6.45, 7) is 5.05. The zero-order valence-corrected chi connectivity index (χ0v) is 28.9. The van der Waals surface area contributed by atoms with E-state index in [0.717, 1.165) is 50.6 Å². The number of thioether (sulfide) groups is 1. The molecule has 1 aromatic rings. The summed E-state index contributed by atoms with van der Waals surface area (Å²) < 4.78 is 50.5.